The zero-order valence-electron chi connectivity index (χ0n) is 68.2. The van der Waals surface area contributed by atoms with Crippen molar-refractivity contribution in [2.45, 2.75) is 420 Å². The molecule has 17 unspecified atom stereocenters. The number of carbonyl (C=O) groups is 1. The first-order chi connectivity index (χ1) is 53.8. The van der Waals surface area contributed by atoms with Crippen molar-refractivity contribution in [3.8, 4) is 0 Å². The van der Waals surface area contributed by atoms with Gasteiger partial charge in [-0.2, -0.15) is 0 Å². The Morgan fingerprint density at radius 3 is 1.02 bits per heavy atom. The first kappa shape index (κ1) is 100. The molecule has 634 valence electrons. The fourth-order valence-electron chi connectivity index (χ4n) is 14.1. The van der Waals surface area contributed by atoms with Crippen molar-refractivity contribution in [1.29, 1.82) is 0 Å². The number of nitrogens with one attached hydrogen (secondary N) is 1. The summed E-state index contributed by atoms with van der Waals surface area (Å²) in [4.78, 5) is 13.5. The van der Waals surface area contributed by atoms with Crippen LogP contribution in [0.15, 0.2) is 122 Å². The van der Waals surface area contributed by atoms with E-state index >= 15 is 0 Å². The van der Waals surface area contributed by atoms with E-state index in [1.807, 2.05) is 6.08 Å². The fourth-order valence-corrected chi connectivity index (χ4v) is 14.1. The molecule has 0 aromatic rings. The molecular weight excluding hydrogens is 1390 g/mol. The monoisotopic (exact) mass is 1550 g/mol. The third-order valence-electron chi connectivity index (χ3n) is 21.0. The van der Waals surface area contributed by atoms with E-state index in [1.54, 1.807) is 6.08 Å². The molecule has 110 heavy (non-hydrogen) atoms. The Bertz CT molecular complexity index is 2460. The number of rotatable bonds is 69. The zero-order chi connectivity index (χ0) is 79.5. The molecule has 0 aromatic heterocycles. The number of unbranched alkanes of at least 4 members (excludes halogenated alkanes) is 35. The summed E-state index contributed by atoms with van der Waals surface area (Å²) >= 11 is 0. The van der Waals surface area contributed by atoms with Gasteiger partial charge in [-0.25, -0.2) is 0 Å². The molecule has 19 heteroatoms. The van der Waals surface area contributed by atoms with Gasteiger partial charge >= 0.3 is 0 Å². The molecule has 19 nitrogen and oxygen atoms in total. The van der Waals surface area contributed by atoms with Crippen LogP contribution in [0.25, 0.3) is 0 Å². The second-order valence-electron chi connectivity index (χ2n) is 30.6. The fraction of sp³-hybridized carbons (Fsp3) is 0.769. The van der Waals surface area contributed by atoms with Crippen LogP contribution in [0.3, 0.4) is 0 Å². The number of aliphatic hydroxyl groups is 11. The quantitative estimate of drug-likeness (QED) is 0.0199. The van der Waals surface area contributed by atoms with Crippen molar-refractivity contribution < 1.29 is 89.4 Å². The molecule has 3 saturated heterocycles. The maximum atomic E-state index is 13.5. The van der Waals surface area contributed by atoms with E-state index in [9.17, 15) is 61.0 Å². The molecule has 3 fully saturated rings. The standard InChI is InChI=1S/C91H157NO18/c1-3-5-7-9-11-13-15-17-19-21-23-25-27-29-31-32-33-34-35-36-37-38-39-40-41-42-43-45-47-49-51-53-55-57-59-61-63-65-67-69-79(97)92-74(75(96)68-66-64-62-60-58-56-54-52-50-48-46-44-30-28-26-24-22-20-18-16-14-12-10-8-6-4-2)73-105-89-85(103)82(100)87(77(71-94)107-89)110-91-86(104)83(101)88(78(72-95)108-91)109-90-84(102)81(99)80(98)76(70-93)106-90/h5,7,11,13,17,19,23,25,29,31,33-34,36-37,39-40,58,60,66,68,74-78,80-91,93-96,98-104H,3-4,6,8-10,12,14-16,18,20-22,24,26-28,30,32,35,38,41-57,59,61-65,67,69-73H2,1-2H3,(H,92,97)/b7-5-,13-11-,19-17-,25-23-,31-29-,34-33-,37-36-,40-39-,60-58+,68-66+. The number of carbonyl (C=O) groups excluding carboxylic acids is 1. The van der Waals surface area contributed by atoms with Crippen LogP contribution in [-0.2, 0) is 33.2 Å². The molecule has 0 radical (unpaired) electrons. The van der Waals surface area contributed by atoms with Crippen LogP contribution in [0.4, 0.5) is 0 Å². The normalized spacial score (nSPS) is 25.8. The molecule has 3 aliphatic heterocycles. The Labute approximate surface area is 665 Å². The van der Waals surface area contributed by atoms with Crippen molar-refractivity contribution in [1.82, 2.24) is 5.32 Å². The average Bonchev–Trinajstić information content (AvgIpc) is 0.780. The Morgan fingerprint density at radius 1 is 0.336 bits per heavy atom. The number of amides is 1. The topological polar surface area (TPSA) is 307 Å². The number of hydrogen-bond acceptors (Lipinski definition) is 18. The lowest BCUT2D eigenvalue weighted by atomic mass is 9.96. The van der Waals surface area contributed by atoms with Gasteiger partial charge in [-0.05, 0) is 96.3 Å². The Hall–Kier alpha value is -3.81. The van der Waals surface area contributed by atoms with Crippen LogP contribution >= 0.6 is 0 Å². The van der Waals surface area contributed by atoms with Crippen LogP contribution in [0.2, 0.25) is 0 Å². The maximum absolute atomic E-state index is 13.5. The van der Waals surface area contributed by atoms with Crippen molar-refractivity contribution in [2.24, 2.45) is 0 Å². The Kier molecular flexibility index (Phi) is 63.4. The molecule has 3 aliphatic rings. The van der Waals surface area contributed by atoms with E-state index in [2.05, 4.69) is 129 Å². The lowest BCUT2D eigenvalue weighted by Crippen LogP contribution is -2.66. The van der Waals surface area contributed by atoms with Crippen LogP contribution in [0.1, 0.15) is 316 Å². The van der Waals surface area contributed by atoms with Gasteiger partial charge in [-0.3, -0.25) is 4.79 Å². The summed E-state index contributed by atoms with van der Waals surface area (Å²) in [7, 11) is 0. The van der Waals surface area contributed by atoms with Gasteiger partial charge in [0.2, 0.25) is 5.91 Å². The number of allylic oxidation sites excluding steroid dienone is 19. The van der Waals surface area contributed by atoms with Crippen molar-refractivity contribution in [3.63, 3.8) is 0 Å². The number of aliphatic hydroxyl groups excluding tert-OH is 11. The van der Waals surface area contributed by atoms with E-state index < -0.39 is 124 Å². The largest absolute Gasteiger partial charge is 0.394 e. The highest BCUT2D eigenvalue weighted by molar-refractivity contribution is 5.76. The van der Waals surface area contributed by atoms with Gasteiger partial charge in [0.25, 0.3) is 0 Å². The summed E-state index contributed by atoms with van der Waals surface area (Å²) < 4.78 is 34.5. The highest BCUT2D eigenvalue weighted by atomic mass is 16.8. The Morgan fingerprint density at radius 2 is 0.636 bits per heavy atom. The van der Waals surface area contributed by atoms with Crippen molar-refractivity contribution in [3.05, 3.63) is 122 Å². The van der Waals surface area contributed by atoms with Crippen molar-refractivity contribution in [2.75, 3.05) is 26.4 Å². The lowest BCUT2D eigenvalue weighted by Gasteiger charge is -2.48. The third kappa shape index (κ3) is 47.9. The van der Waals surface area contributed by atoms with Gasteiger partial charge < -0.3 is 89.9 Å². The minimum Gasteiger partial charge on any atom is -0.394 e. The van der Waals surface area contributed by atoms with Gasteiger partial charge in [0, 0.05) is 6.42 Å². The summed E-state index contributed by atoms with van der Waals surface area (Å²) in [5, 5.41) is 121. The molecular formula is C91H157NO18. The van der Waals surface area contributed by atoms with E-state index in [0.29, 0.717) is 12.8 Å². The summed E-state index contributed by atoms with van der Waals surface area (Å²) in [6, 6.07) is -0.999. The van der Waals surface area contributed by atoms with Crippen molar-refractivity contribution >= 4 is 5.91 Å². The molecule has 0 spiro atoms. The first-order valence-electron chi connectivity index (χ1n) is 43.8. The predicted molar refractivity (Wildman–Crippen MR) is 443 cm³/mol. The van der Waals surface area contributed by atoms with Crippen LogP contribution < -0.4 is 5.32 Å². The zero-order valence-corrected chi connectivity index (χ0v) is 68.2. The molecule has 0 aliphatic carbocycles. The second-order valence-corrected chi connectivity index (χ2v) is 30.6. The van der Waals surface area contributed by atoms with E-state index in [4.69, 9.17) is 28.4 Å². The summed E-state index contributed by atoms with van der Waals surface area (Å²) in [5.41, 5.74) is 0. The second kappa shape index (κ2) is 69.5. The summed E-state index contributed by atoms with van der Waals surface area (Å²) in [5.74, 6) is -0.287. The molecule has 17 atom stereocenters. The van der Waals surface area contributed by atoms with E-state index in [0.717, 1.165) is 103 Å². The molecule has 3 heterocycles. The highest BCUT2D eigenvalue weighted by Gasteiger charge is 2.54. The van der Waals surface area contributed by atoms with Crippen LogP contribution in [-0.4, -0.2) is 193 Å². The minimum absolute atomic E-state index is 0.229. The molecule has 0 saturated carbocycles. The van der Waals surface area contributed by atoms with Gasteiger partial charge in [0.05, 0.1) is 38.6 Å². The van der Waals surface area contributed by atoms with Gasteiger partial charge in [-0.15, -0.1) is 0 Å². The summed E-state index contributed by atoms with van der Waals surface area (Å²) in [6.07, 6.45) is 71.9. The van der Waals surface area contributed by atoms with Gasteiger partial charge in [-0.1, -0.05) is 334 Å². The maximum Gasteiger partial charge on any atom is 0.220 e. The lowest BCUT2D eigenvalue weighted by molar-refractivity contribution is -0.379. The molecule has 1 amide bonds. The van der Waals surface area contributed by atoms with Gasteiger partial charge in [0.15, 0.2) is 18.9 Å². The average molecular weight is 1550 g/mol. The molecule has 0 aromatic carbocycles. The van der Waals surface area contributed by atoms with Crippen LogP contribution in [0.5, 0.6) is 0 Å². The molecule has 12 N–H and O–H groups in total. The molecule has 3 rings (SSSR count). The minimum atomic E-state index is -1.99. The number of hydrogen-bond donors (Lipinski definition) is 12. The van der Waals surface area contributed by atoms with E-state index in [-0.39, 0.29) is 18.9 Å². The smallest absolute Gasteiger partial charge is 0.220 e. The highest BCUT2D eigenvalue weighted by Crippen LogP contribution is 2.33. The van der Waals surface area contributed by atoms with Gasteiger partial charge in [0.1, 0.15) is 73.2 Å². The Balaban J connectivity index is 1.34. The summed E-state index contributed by atoms with van der Waals surface area (Å²) in [6.45, 7) is 1.63. The first-order valence-corrected chi connectivity index (χ1v) is 43.8. The predicted octanol–water partition coefficient (Wildman–Crippen LogP) is 16.2. The SMILES string of the molecule is CC/C=C\C/C=C\C/C=C\C/C=C\C/C=C\C/C=C\C/C=C\C/C=C\CCCCCCCCCCCCCCCCC(=O)NC(COC1OC(CO)C(OC2OC(CO)C(OC3OC(CO)C(O)C(O)C3O)C(O)C2O)C(O)C1O)C(O)/C=C/CC/C=C/CCCCCCCCCCCCCCCCCCCCCC. The molecule has 0 bridgehead atoms. The number of ether oxygens (including phenoxy) is 6. The van der Waals surface area contributed by atoms with E-state index in [1.165, 1.54) is 180 Å². The van der Waals surface area contributed by atoms with Crippen LogP contribution in [0, 0.1) is 0 Å². The third-order valence-corrected chi connectivity index (χ3v) is 21.0.